The van der Waals surface area contributed by atoms with Gasteiger partial charge >= 0.3 is 0 Å². The summed E-state index contributed by atoms with van der Waals surface area (Å²) >= 11 is 3.50. The van der Waals surface area contributed by atoms with Crippen LogP contribution in [0.5, 0.6) is 5.75 Å². The smallest absolute Gasteiger partial charge is 0.163 e. The highest BCUT2D eigenvalue weighted by Crippen LogP contribution is 2.28. The van der Waals surface area contributed by atoms with Gasteiger partial charge in [0, 0.05) is 6.20 Å². The maximum absolute atomic E-state index is 5.78. The molecule has 102 valence electrons. The van der Waals surface area contributed by atoms with Crippen LogP contribution in [0, 0.1) is 0 Å². The summed E-state index contributed by atoms with van der Waals surface area (Å²) in [6.07, 6.45) is 3.55. The Hall–Kier alpha value is -1.11. The Kier molecular flexibility index (Phi) is 3.24. The maximum Gasteiger partial charge on any atom is 0.163 e. The van der Waals surface area contributed by atoms with Gasteiger partial charge in [-0.2, -0.15) is 5.10 Å². The quantitative estimate of drug-likeness (QED) is 0.869. The lowest BCUT2D eigenvalue weighted by Gasteiger charge is -2.17. The average Bonchev–Trinajstić information content (AvgIpc) is 2.92. The van der Waals surface area contributed by atoms with Crippen molar-refractivity contribution < 1.29 is 14.2 Å². The molecule has 2 aromatic rings. The van der Waals surface area contributed by atoms with Crippen LogP contribution >= 0.6 is 15.9 Å². The number of ether oxygens (including phenoxy) is 3. The second-order valence-corrected chi connectivity index (χ2v) is 5.80. The van der Waals surface area contributed by atoms with Crippen LogP contribution in [0.3, 0.4) is 0 Å². The van der Waals surface area contributed by atoms with E-state index in [1.54, 1.807) is 10.7 Å². The first-order chi connectivity index (χ1) is 9.03. The molecule has 1 aliphatic heterocycles. The summed E-state index contributed by atoms with van der Waals surface area (Å²) in [6.45, 7) is 4.81. The molecule has 6 heteroatoms. The zero-order chi connectivity index (χ0) is 13.5. The van der Waals surface area contributed by atoms with E-state index < -0.39 is 5.79 Å². The van der Waals surface area contributed by atoms with E-state index in [4.69, 9.17) is 14.2 Å². The molecule has 1 saturated heterocycles. The molecule has 19 heavy (non-hydrogen) atoms. The fourth-order valence-electron chi connectivity index (χ4n) is 2.05. The molecule has 0 amide bonds. The molecule has 2 aromatic heterocycles. The van der Waals surface area contributed by atoms with Gasteiger partial charge in [-0.15, -0.1) is 0 Å². The standard InChI is InChI=1S/C13H15BrN2O3/c1-13(2)18-8-10(19-13)7-17-12-6-16-9(3-4-15-16)5-11(12)14/h3-6,10H,7-8H2,1-2H3. The Morgan fingerprint density at radius 2 is 2.42 bits per heavy atom. The van der Waals surface area contributed by atoms with Gasteiger partial charge in [0.15, 0.2) is 11.5 Å². The number of hydrogen-bond acceptors (Lipinski definition) is 4. The molecule has 0 aromatic carbocycles. The normalized spacial score (nSPS) is 21.9. The molecule has 3 rings (SSSR count). The van der Waals surface area contributed by atoms with Gasteiger partial charge in [0.05, 0.1) is 22.8 Å². The summed E-state index contributed by atoms with van der Waals surface area (Å²) in [5.74, 6) is 0.224. The molecular formula is C13H15BrN2O3. The highest BCUT2D eigenvalue weighted by Gasteiger charge is 2.33. The second-order valence-electron chi connectivity index (χ2n) is 4.95. The van der Waals surface area contributed by atoms with Crippen molar-refractivity contribution in [3.05, 3.63) is 29.0 Å². The molecule has 0 bridgehead atoms. The lowest BCUT2D eigenvalue weighted by molar-refractivity contribution is -0.141. The number of rotatable bonds is 3. The Labute approximate surface area is 119 Å². The van der Waals surface area contributed by atoms with Crippen molar-refractivity contribution in [3.8, 4) is 5.75 Å². The summed E-state index contributed by atoms with van der Waals surface area (Å²) in [5, 5.41) is 4.18. The van der Waals surface area contributed by atoms with Gasteiger partial charge in [-0.1, -0.05) is 0 Å². The fraction of sp³-hybridized carbons (Fsp3) is 0.462. The summed E-state index contributed by atoms with van der Waals surface area (Å²) in [4.78, 5) is 0. The predicted molar refractivity (Wildman–Crippen MR) is 73.3 cm³/mol. The highest BCUT2D eigenvalue weighted by atomic mass is 79.9. The van der Waals surface area contributed by atoms with Crippen molar-refractivity contribution in [2.45, 2.75) is 25.7 Å². The van der Waals surface area contributed by atoms with E-state index in [1.807, 2.05) is 32.2 Å². The van der Waals surface area contributed by atoms with Gasteiger partial charge in [0.25, 0.3) is 0 Å². The largest absolute Gasteiger partial charge is 0.488 e. The van der Waals surface area contributed by atoms with Gasteiger partial charge < -0.3 is 14.2 Å². The third-order valence-corrected chi connectivity index (χ3v) is 3.56. The van der Waals surface area contributed by atoms with E-state index in [-0.39, 0.29) is 6.10 Å². The van der Waals surface area contributed by atoms with E-state index in [2.05, 4.69) is 21.0 Å². The van der Waals surface area contributed by atoms with E-state index in [0.717, 1.165) is 15.7 Å². The number of fused-ring (bicyclic) bond motifs is 1. The number of hydrogen-bond donors (Lipinski definition) is 0. The van der Waals surface area contributed by atoms with Gasteiger partial charge in [0.2, 0.25) is 0 Å². The van der Waals surface area contributed by atoms with Crippen molar-refractivity contribution in [1.29, 1.82) is 0 Å². The monoisotopic (exact) mass is 326 g/mol. The predicted octanol–water partition coefficient (Wildman–Crippen LogP) is 2.63. The van der Waals surface area contributed by atoms with Crippen molar-refractivity contribution in [3.63, 3.8) is 0 Å². The van der Waals surface area contributed by atoms with Gasteiger partial charge in [0.1, 0.15) is 12.7 Å². The van der Waals surface area contributed by atoms with Crippen LogP contribution in [0.15, 0.2) is 29.0 Å². The Morgan fingerprint density at radius 1 is 1.58 bits per heavy atom. The SMILES string of the molecule is CC1(C)OCC(COc2cn3nccc3cc2Br)O1. The molecule has 0 spiro atoms. The molecule has 1 unspecified atom stereocenters. The molecule has 3 heterocycles. The van der Waals surface area contributed by atoms with Gasteiger partial charge in [-0.3, -0.25) is 0 Å². The highest BCUT2D eigenvalue weighted by molar-refractivity contribution is 9.10. The Morgan fingerprint density at radius 3 is 3.16 bits per heavy atom. The summed E-state index contributed by atoms with van der Waals surface area (Å²) < 4.78 is 19.7. The molecule has 0 radical (unpaired) electrons. The zero-order valence-electron chi connectivity index (χ0n) is 10.8. The van der Waals surface area contributed by atoms with Crippen LogP contribution in [-0.4, -0.2) is 34.7 Å². The minimum atomic E-state index is -0.517. The van der Waals surface area contributed by atoms with Crippen LogP contribution in [0.25, 0.3) is 5.52 Å². The van der Waals surface area contributed by atoms with Gasteiger partial charge in [-0.05, 0) is 41.9 Å². The van der Waals surface area contributed by atoms with E-state index in [1.165, 1.54) is 0 Å². The average molecular weight is 327 g/mol. The summed E-state index contributed by atoms with van der Waals surface area (Å²) in [7, 11) is 0. The van der Waals surface area contributed by atoms with Crippen LogP contribution in [0.4, 0.5) is 0 Å². The number of aromatic nitrogens is 2. The number of pyridine rings is 1. The summed E-state index contributed by atoms with van der Waals surface area (Å²) in [6, 6.07) is 3.91. The zero-order valence-corrected chi connectivity index (χ0v) is 12.4. The van der Waals surface area contributed by atoms with Crippen LogP contribution in [0.2, 0.25) is 0 Å². The molecule has 5 nitrogen and oxygen atoms in total. The summed E-state index contributed by atoms with van der Waals surface area (Å²) in [5.41, 5.74) is 1.01. The van der Waals surface area contributed by atoms with Crippen LogP contribution in [0.1, 0.15) is 13.8 Å². The molecule has 0 aliphatic carbocycles. The second kappa shape index (κ2) is 4.77. The Balaban J connectivity index is 1.70. The first-order valence-corrected chi connectivity index (χ1v) is 6.90. The molecular weight excluding hydrogens is 312 g/mol. The first kappa shape index (κ1) is 12.9. The molecule has 1 atom stereocenters. The van der Waals surface area contributed by atoms with Crippen molar-refractivity contribution in [2.24, 2.45) is 0 Å². The van der Waals surface area contributed by atoms with Gasteiger partial charge in [-0.25, -0.2) is 4.52 Å². The molecule has 1 fully saturated rings. The third-order valence-electron chi connectivity index (χ3n) is 2.94. The van der Waals surface area contributed by atoms with E-state index in [0.29, 0.717) is 13.2 Å². The van der Waals surface area contributed by atoms with Crippen molar-refractivity contribution in [2.75, 3.05) is 13.2 Å². The molecule has 0 N–H and O–H groups in total. The van der Waals surface area contributed by atoms with Crippen LogP contribution < -0.4 is 4.74 Å². The van der Waals surface area contributed by atoms with Crippen molar-refractivity contribution >= 4 is 21.4 Å². The number of halogens is 1. The lowest BCUT2D eigenvalue weighted by Crippen LogP contribution is -2.25. The topological polar surface area (TPSA) is 45.0 Å². The minimum absolute atomic E-state index is 0.0461. The van der Waals surface area contributed by atoms with Crippen LogP contribution in [-0.2, 0) is 9.47 Å². The molecule has 0 saturated carbocycles. The Bertz CT molecular complexity index is 597. The first-order valence-electron chi connectivity index (χ1n) is 6.11. The molecule has 1 aliphatic rings. The lowest BCUT2D eigenvalue weighted by atomic mass is 10.4. The number of nitrogens with zero attached hydrogens (tertiary/aromatic N) is 2. The maximum atomic E-state index is 5.78. The fourth-order valence-corrected chi connectivity index (χ4v) is 2.51. The third kappa shape index (κ3) is 2.75. The van der Waals surface area contributed by atoms with E-state index >= 15 is 0 Å². The minimum Gasteiger partial charge on any atom is -0.488 e. The van der Waals surface area contributed by atoms with Crippen molar-refractivity contribution in [1.82, 2.24) is 9.61 Å². The van der Waals surface area contributed by atoms with E-state index in [9.17, 15) is 0 Å².